The van der Waals surface area contributed by atoms with Crippen LogP contribution in [0, 0.1) is 29.6 Å². The summed E-state index contributed by atoms with van der Waals surface area (Å²) >= 11 is 0. The van der Waals surface area contributed by atoms with Crippen LogP contribution in [0.4, 0.5) is 14.4 Å². The van der Waals surface area contributed by atoms with Gasteiger partial charge >= 0.3 is 30.2 Å². The van der Waals surface area contributed by atoms with Crippen LogP contribution in [0.5, 0.6) is 0 Å². The number of hydrogen-bond acceptors (Lipinski definition) is 12. The van der Waals surface area contributed by atoms with Crippen LogP contribution in [0.1, 0.15) is 207 Å². The zero-order valence-corrected chi connectivity index (χ0v) is 75.9. The number of nitrogens with one attached hydrogen (secondary N) is 3. The van der Waals surface area contributed by atoms with Crippen molar-refractivity contribution in [2.75, 3.05) is 0 Å². The number of aliphatic carboxylic acids is 2. The lowest BCUT2D eigenvalue weighted by Gasteiger charge is -2.50. The monoisotopic (exact) mass is 1590 g/mol. The SMILES string of the molecule is CC(C)C[Si](OC(=O)N[C@@H](Cc1ccccc1)C(=O)C[C@@H](Cc1ccccc1)C(=O)O)(C(C)(C)C)C(C)(C)C.CC(C)C[Si](OC(=O)N[C@@H](Cc1ccccc1)C(=O)C[C@@H](Cc1ccccc1)C(=O)O[Si](C)(C)C)(C(C)(C)C)C(C)(C)C.CC(C)C[Si](OC(=O)N[C@@H](Cc1ccccc1)C(=O)O)(C(C)(C)C)C(C)(C)C. The van der Waals surface area contributed by atoms with Crippen molar-refractivity contribution in [3.05, 3.63) is 179 Å². The van der Waals surface area contributed by atoms with Gasteiger partial charge in [-0.05, 0) is 139 Å². The average molecular weight is 1590 g/mol. The summed E-state index contributed by atoms with van der Waals surface area (Å²) in [5.74, 6) is -3.49. The minimum absolute atomic E-state index is 0.0386. The first kappa shape index (κ1) is 96.7. The number of carbonyl (C=O) groups excluding carboxylic acids is 6. The molecular formula is C89H139N3O14Si4. The quantitative estimate of drug-likeness (QED) is 0.0251. The summed E-state index contributed by atoms with van der Waals surface area (Å²) in [6.45, 7) is 57.2. The zero-order chi connectivity index (χ0) is 83.8. The van der Waals surface area contributed by atoms with E-state index in [1.807, 2.05) is 171 Å². The van der Waals surface area contributed by atoms with Crippen molar-refractivity contribution in [3.8, 4) is 0 Å². The largest absolute Gasteiger partial charge is 0.520 e. The van der Waals surface area contributed by atoms with Gasteiger partial charge in [0, 0.05) is 19.3 Å². The molecule has 5 rings (SSSR count). The summed E-state index contributed by atoms with van der Waals surface area (Å²) in [5, 5.41) is 26.6. The molecule has 0 radical (unpaired) electrons. The minimum Gasteiger partial charge on any atom is -0.520 e. The Morgan fingerprint density at radius 3 is 0.755 bits per heavy atom. The highest BCUT2D eigenvalue weighted by molar-refractivity contribution is 6.81. The number of amides is 3. The average Bonchev–Trinajstić information content (AvgIpc) is 0.764. The summed E-state index contributed by atoms with van der Waals surface area (Å²) in [7, 11) is -10.3. The molecule has 5 aromatic rings. The maximum atomic E-state index is 14.0. The van der Waals surface area contributed by atoms with E-state index in [2.05, 4.69) is 182 Å². The van der Waals surface area contributed by atoms with Gasteiger partial charge in [-0.25, -0.2) is 19.2 Å². The van der Waals surface area contributed by atoms with Crippen LogP contribution in [0.2, 0.25) is 68.0 Å². The standard InChI is InChI=1S/C35H55NO5Si2.C32H47NO5Si.C22H37NO4Si/c1-26(2)25-43(34(3,4)5,35(6,7)8)41-33(39)36-30(23-28-20-16-13-17-21-28)31(37)24-29(32(38)40-42(9,10)11)22-27-18-14-12-15-19-27;1-23(2)22-39(31(3,4)5,32(6,7)8)38-30(37)33-27(20-25-17-13-10-14-18-25)28(34)21-26(29(35)36)19-24-15-11-9-12-16-24;1-16(2)15-28(21(3,4)5,22(6,7)8)27-20(26)23-18(19(24)25)14-17-12-10-9-11-13-17/h12-21,26,29-30H,22-25H2,1-11H3,(H,36,39);9-18,23,26-27H,19-22H2,1-8H3,(H,33,37)(H,35,36);9-13,16,18H,14-15H2,1-8H3,(H,23,26)(H,24,25)/t29-,30+;26-,27+;18-/m110/s1. The Hall–Kier alpha value is -7.47. The number of benzene rings is 5. The van der Waals surface area contributed by atoms with Crippen molar-refractivity contribution in [3.63, 3.8) is 0 Å². The number of carboxylic acids is 2. The van der Waals surface area contributed by atoms with E-state index in [0.29, 0.717) is 30.6 Å². The van der Waals surface area contributed by atoms with Crippen molar-refractivity contribution in [1.29, 1.82) is 0 Å². The van der Waals surface area contributed by atoms with E-state index < -0.39 is 93.4 Å². The molecule has 0 unspecified atom stereocenters. The van der Waals surface area contributed by atoms with Crippen LogP contribution in [-0.4, -0.2) is 109 Å². The second kappa shape index (κ2) is 41.3. The van der Waals surface area contributed by atoms with Gasteiger partial charge in [0.2, 0.25) is 8.32 Å². The van der Waals surface area contributed by atoms with E-state index in [9.17, 15) is 48.6 Å². The number of rotatable bonds is 32. The normalized spacial score (nSPS) is 14.0. The van der Waals surface area contributed by atoms with Crippen LogP contribution >= 0.6 is 0 Å². The van der Waals surface area contributed by atoms with Gasteiger partial charge in [0.05, 0.1) is 23.9 Å². The molecule has 0 bridgehead atoms. The Labute approximate surface area is 665 Å². The van der Waals surface area contributed by atoms with E-state index in [1.54, 1.807) is 0 Å². The van der Waals surface area contributed by atoms with E-state index in [-0.39, 0.29) is 79.9 Å². The molecule has 21 heteroatoms. The fraction of sp³-hybridized carbons (Fsp3) is 0.573. The van der Waals surface area contributed by atoms with Crippen molar-refractivity contribution in [1.82, 2.24) is 16.0 Å². The van der Waals surface area contributed by atoms with Crippen LogP contribution in [0.15, 0.2) is 152 Å². The van der Waals surface area contributed by atoms with Gasteiger partial charge in [-0.15, -0.1) is 0 Å². The molecule has 0 heterocycles. The van der Waals surface area contributed by atoms with Crippen molar-refractivity contribution in [2.45, 2.75) is 297 Å². The third-order valence-corrected chi connectivity index (χ3v) is 41.7. The first-order valence-electron chi connectivity index (χ1n) is 39.4. The molecule has 610 valence electrons. The molecule has 0 saturated heterocycles. The molecular weight excluding hydrogens is 1450 g/mol. The number of carbonyl (C=O) groups is 8. The van der Waals surface area contributed by atoms with Gasteiger partial charge in [-0.1, -0.05) is 318 Å². The second-order valence-electron chi connectivity index (χ2n) is 38.4. The minimum atomic E-state index is -2.74. The van der Waals surface area contributed by atoms with Crippen molar-refractivity contribution < 1.29 is 66.3 Å². The predicted molar refractivity (Wildman–Crippen MR) is 456 cm³/mol. The number of ketones is 2. The Morgan fingerprint density at radius 1 is 0.318 bits per heavy atom. The molecule has 0 spiro atoms. The summed E-state index contributed by atoms with van der Waals surface area (Å²) in [6.07, 6.45) is -0.601. The van der Waals surface area contributed by atoms with Crippen LogP contribution < -0.4 is 16.0 Å². The third kappa shape index (κ3) is 30.2. The van der Waals surface area contributed by atoms with Gasteiger partial charge < -0.3 is 43.9 Å². The lowest BCUT2D eigenvalue weighted by atomic mass is 9.90. The highest BCUT2D eigenvalue weighted by Gasteiger charge is 2.61. The van der Waals surface area contributed by atoms with E-state index in [4.69, 9.17) is 17.7 Å². The number of hydrogen-bond donors (Lipinski definition) is 5. The molecule has 17 nitrogen and oxygen atoms in total. The third-order valence-electron chi connectivity index (χ3n) is 20.6. The summed E-state index contributed by atoms with van der Waals surface area (Å²) in [6, 6.07) is 47.0. The molecule has 110 heavy (non-hydrogen) atoms. The first-order chi connectivity index (χ1) is 50.5. The predicted octanol–water partition coefficient (Wildman–Crippen LogP) is 21.8. The van der Waals surface area contributed by atoms with Gasteiger partial charge in [0.1, 0.15) is 6.04 Å². The second-order valence-corrected chi connectivity index (χ2v) is 58.7. The Balaban J connectivity index is 0.000000437. The van der Waals surface area contributed by atoms with E-state index in [0.717, 1.165) is 45.9 Å². The Bertz CT molecular complexity index is 3650. The van der Waals surface area contributed by atoms with Gasteiger partial charge in [-0.3, -0.25) is 19.2 Å². The molecule has 0 aliphatic heterocycles. The Kier molecular flexibility index (Phi) is 36.4. The fourth-order valence-electron chi connectivity index (χ4n) is 15.6. The van der Waals surface area contributed by atoms with Gasteiger partial charge in [0.25, 0.3) is 30.9 Å². The molecule has 0 aromatic heterocycles. The van der Waals surface area contributed by atoms with E-state index in [1.165, 1.54) is 0 Å². The van der Waals surface area contributed by atoms with Gasteiger partial charge in [0.15, 0.2) is 11.6 Å². The molecule has 0 fully saturated rings. The molecule has 0 saturated carbocycles. The van der Waals surface area contributed by atoms with Crippen LogP contribution in [0.25, 0.3) is 0 Å². The maximum absolute atomic E-state index is 14.0. The molecule has 5 atom stereocenters. The topological polar surface area (TPSA) is 250 Å². The number of carboxylic acid groups (broad SMARTS) is 2. The molecule has 5 aromatic carbocycles. The highest BCUT2D eigenvalue weighted by atomic mass is 28.4. The van der Waals surface area contributed by atoms with Crippen LogP contribution in [-0.2, 0) is 73.8 Å². The summed E-state index contributed by atoms with van der Waals surface area (Å²) < 4.78 is 25.1. The zero-order valence-electron chi connectivity index (χ0n) is 71.9. The lowest BCUT2D eigenvalue weighted by Crippen LogP contribution is -2.58. The maximum Gasteiger partial charge on any atom is 0.394 e. The first-order valence-corrected chi connectivity index (χ1v) is 49.2. The Morgan fingerprint density at radius 2 is 0.536 bits per heavy atom. The number of Topliss-reactive ketones (excluding diaryl/α,β-unsaturated/α-hetero) is 2. The summed E-state index contributed by atoms with van der Waals surface area (Å²) in [5.41, 5.74) is 4.46. The molecule has 0 aliphatic carbocycles. The fourth-order valence-corrected chi connectivity index (χ4v) is 33.5. The molecule has 5 N–H and O–H groups in total. The lowest BCUT2D eigenvalue weighted by molar-refractivity contribution is -0.144. The van der Waals surface area contributed by atoms with Crippen molar-refractivity contribution in [2.24, 2.45) is 29.6 Å². The molecule has 3 amide bonds. The van der Waals surface area contributed by atoms with Gasteiger partial charge in [-0.2, -0.15) is 0 Å². The molecule has 0 aliphatic rings. The summed E-state index contributed by atoms with van der Waals surface area (Å²) in [4.78, 5) is 105. The van der Waals surface area contributed by atoms with E-state index >= 15 is 0 Å². The smallest absolute Gasteiger partial charge is 0.394 e. The van der Waals surface area contributed by atoms with Crippen LogP contribution in [0.3, 0.4) is 0 Å². The highest BCUT2D eigenvalue weighted by Crippen LogP contribution is 2.57. The van der Waals surface area contributed by atoms with Crippen molar-refractivity contribution >= 4 is 81.0 Å².